The number of carbonyl (C=O) groups excluding carboxylic acids is 1. The molecule has 0 saturated carbocycles. The molecule has 11 heteroatoms. The van der Waals surface area contributed by atoms with E-state index in [0.29, 0.717) is 22.6 Å². The summed E-state index contributed by atoms with van der Waals surface area (Å²) in [7, 11) is -3.71. The summed E-state index contributed by atoms with van der Waals surface area (Å²) in [4.78, 5) is 12.8. The minimum Gasteiger partial charge on any atom is -0.296 e. The molecule has 0 fully saturated rings. The average molecular weight is 497 g/mol. The number of hydrogen-bond acceptors (Lipinski definition) is 7. The molecule has 3 aromatic rings. The third kappa shape index (κ3) is 5.83. The van der Waals surface area contributed by atoms with Gasteiger partial charge in [-0.1, -0.05) is 78.9 Å². The van der Waals surface area contributed by atoms with E-state index >= 15 is 0 Å². The van der Waals surface area contributed by atoms with Crippen molar-refractivity contribution in [2.24, 2.45) is 0 Å². The summed E-state index contributed by atoms with van der Waals surface area (Å²) in [6, 6.07) is 14.1. The summed E-state index contributed by atoms with van der Waals surface area (Å²) in [6.07, 6.45) is 0. The van der Waals surface area contributed by atoms with Crippen molar-refractivity contribution in [3.8, 4) is 0 Å². The minimum absolute atomic E-state index is 0.0159. The van der Waals surface area contributed by atoms with Gasteiger partial charge in [0.25, 0.3) is 5.91 Å². The van der Waals surface area contributed by atoms with Crippen molar-refractivity contribution in [2.45, 2.75) is 28.8 Å². The Morgan fingerprint density at radius 2 is 1.84 bits per heavy atom. The van der Waals surface area contributed by atoms with E-state index in [1.54, 1.807) is 13.8 Å². The van der Waals surface area contributed by atoms with Gasteiger partial charge >= 0.3 is 0 Å². The normalized spacial score (nSPS) is 11.6. The summed E-state index contributed by atoms with van der Waals surface area (Å²) >= 11 is 8.93. The molecule has 2 aromatic carbocycles. The van der Waals surface area contributed by atoms with Crippen molar-refractivity contribution in [2.75, 3.05) is 18.4 Å². The van der Waals surface area contributed by atoms with Gasteiger partial charge in [-0.25, -0.2) is 8.42 Å². The predicted octanol–water partition coefficient (Wildman–Crippen LogP) is 4.77. The predicted molar refractivity (Wildman–Crippen MR) is 125 cm³/mol. The fraction of sp³-hybridized carbons (Fsp3) is 0.250. The fourth-order valence-corrected chi connectivity index (χ4v) is 6.14. The summed E-state index contributed by atoms with van der Waals surface area (Å²) in [5, 5.41) is 11.2. The first-order valence-corrected chi connectivity index (χ1v) is 13.1. The molecule has 0 unspecified atom stereocenters. The number of halogens is 1. The van der Waals surface area contributed by atoms with E-state index in [0.717, 1.165) is 11.3 Å². The van der Waals surface area contributed by atoms with Crippen molar-refractivity contribution in [3.63, 3.8) is 0 Å². The Labute approximate surface area is 194 Å². The number of rotatable bonds is 9. The fourth-order valence-electron chi connectivity index (χ4n) is 2.75. The Hall–Kier alpha value is -1.98. The smallest absolute Gasteiger partial charge is 0.259 e. The molecule has 31 heavy (non-hydrogen) atoms. The highest BCUT2D eigenvalue weighted by molar-refractivity contribution is 8.00. The van der Waals surface area contributed by atoms with E-state index in [1.165, 1.54) is 45.6 Å². The molecule has 1 aromatic heterocycles. The lowest BCUT2D eigenvalue weighted by molar-refractivity contribution is 0.102. The molecule has 0 atom stereocenters. The van der Waals surface area contributed by atoms with Crippen LogP contribution in [0.1, 0.15) is 29.8 Å². The number of hydrogen-bond donors (Lipinski definition) is 1. The minimum atomic E-state index is -3.71. The van der Waals surface area contributed by atoms with Gasteiger partial charge in [0.1, 0.15) is 0 Å². The first-order valence-electron chi connectivity index (χ1n) is 9.46. The molecule has 0 aliphatic heterocycles. The van der Waals surface area contributed by atoms with Crippen molar-refractivity contribution < 1.29 is 13.2 Å². The quantitative estimate of drug-likeness (QED) is 0.339. The van der Waals surface area contributed by atoms with Crippen LogP contribution in [-0.2, 0) is 15.8 Å². The maximum atomic E-state index is 12.8. The molecule has 0 aliphatic carbocycles. The molecule has 0 radical (unpaired) electrons. The number of carbonyl (C=O) groups is 1. The lowest BCUT2D eigenvalue weighted by Crippen LogP contribution is -2.30. The van der Waals surface area contributed by atoms with Gasteiger partial charge in [0.15, 0.2) is 4.34 Å². The molecule has 0 bridgehead atoms. The lowest BCUT2D eigenvalue weighted by Gasteiger charge is -2.19. The van der Waals surface area contributed by atoms with Crippen LogP contribution >= 0.6 is 34.7 Å². The largest absolute Gasteiger partial charge is 0.296 e. The second-order valence-corrected chi connectivity index (χ2v) is 10.9. The number of thioether (sulfide) groups is 1. The summed E-state index contributed by atoms with van der Waals surface area (Å²) in [6.45, 7) is 4.18. The van der Waals surface area contributed by atoms with Crippen molar-refractivity contribution in [1.29, 1.82) is 0 Å². The number of nitrogens with one attached hydrogen (secondary N) is 1. The van der Waals surface area contributed by atoms with Gasteiger partial charge in [-0.05, 0) is 23.8 Å². The summed E-state index contributed by atoms with van der Waals surface area (Å²) in [5.41, 5.74) is 1.22. The van der Waals surface area contributed by atoms with Crippen molar-refractivity contribution >= 4 is 55.8 Å². The van der Waals surface area contributed by atoms with E-state index in [9.17, 15) is 13.2 Å². The Balaban J connectivity index is 1.73. The van der Waals surface area contributed by atoms with Gasteiger partial charge in [-0.3, -0.25) is 10.1 Å². The Morgan fingerprint density at radius 1 is 1.13 bits per heavy atom. The van der Waals surface area contributed by atoms with Crippen LogP contribution in [-0.4, -0.2) is 41.9 Å². The van der Waals surface area contributed by atoms with E-state index in [4.69, 9.17) is 11.6 Å². The topological polar surface area (TPSA) is 92.3 Å². The molecule has 0 aliphatic rings. The van der Waals surface area contributed by atoms with Crippen LogP contribution in [0.5, 0.6) is 0 Å². The molecule has 1 heterocycles. The van der Waals surface area contributed by atoms with Gasteiger partial charge in [-0.15, -0.1) is 10.2 Å². The van der Waals surface area contributed by atoms with E-state index in [1.807, 2.05) is 30.3 Å². The summed E-state index contributed by atoms with van der Waals surface area (Å²) < 4.78 is 27.5. The standard InChI is InChI=1S/C20H21ClN4O3S3/c1-3-25(4-2)31(27,28)15-10-11-17(21)16(12-15)18(26)22-19-23-24-20(30-19)29-13-14-8-6-5-7-9-14/h5-12H,3-4,13H2,1-2H3,(H,22,23,26). The van der Waals surface area contributed by atoms with Crippen LogP contribution in [0.3, 0.4) is 0 Å². The Morgan fingerprint density at radius 3 is 2.52 bits per heavy atom. The molecule has 0 saturated heterocycles. The molecule has 0 spiro atoms. The number of amides is 1. The maximum Gasteiger partial charge on any atom is 0.259 e. The molecule has 1 N–H and O–H groups in total. The zero-order valence-electron chi connectivity index (χ0n) is 16.9. The van der Waals surface area contributed by atoms with Crippen LogP contribution in [0.25, 0.3) is 0 Å². The average Bonchev–Trinajstić information content (AvgIpc) is 3.21. The van der Waals surface area contributed by atoms with Crippen LogP contribution < -0.4 is 5.32 Å². The highest BCUT2D eigenvalue weighted by Gasteiger charge is 2.24. The van der Waals surface area contributed by atoms with E-state index in [2.05, 4.69) is 15.5 Å². The van der Waals surface area contributed by atoms with Crippen LogP contribution in [0, 0.1) is 0 Å². The van der Waals surface area contributed by atoms with Gasteiger partial charge < -0.3 is 0 Å². The highest BCUT2D eigenvalue weighted by atomic mass is 35.5. The highest BCUT2D eigenvalue weighted by Crippen LogP contribution is 2.29. The number of benzene rings is 2. The van der Waals surface area contributed by atoms with E-state index < -0.39 is 15.9 Å². The number of aromatic nitrogens is 2. The first kappa shape index (κ1) is 23.7. The molecule has 164 valence electrons. The van der Waals surface area contributed by atoms with Gasteiger partial charge in [0, 0.05) is 18.8 Å². The monoisotopic (exact) mass is 496 g/mol. The second kappa shape index (κ2) is 10.6. The lowest BCUT2D eigenvalue weighted by atomic mass is 10.2. The summed E-state index contributed by atoms with van der Waals surface area (Å²) in [5.74, 6) is 0.193. The third-order valence-corrected chi connectivity index (χ3v) is 8.78. The van der Waals surface area contributed by atoms with Gasteiger partial charge in [0.2, 0.25) is 15.2 Å². The third-order valence-electron chi connectivity index (χ3n) is 4.36. The Bertz CT molecular complexity index is 1150. The molecular formula is C20H21ClN4O3S3. The van der Waals surface area contributed by atoms with Gasteiger partial charge in [0.05, 0.1) is 15.5 Å². The molecule has 1 amide bonds. The first-order chi connectivity index (χ1) is 14.8. The van der Waals surface area contributed by atoms with E-state index in [-0.39, 0.29) is 15.5 Å². The zero-order chi connectivity index (χ0) is 22.4. The Kier molecular flexibility index (Phi) is 8.06. The van der Waals surface area contributed by atoms with Crippen LogP contribution in [0.15, 0.2) is 57.8 Å². The molecular weight excluding hydrogens is 476 g/mol. The molecule has 7 nitrogen and oxygen atoms in total. The zero-order valence-corrected chi connectivity index (χ0v) is 20.1. The van der Waals surface area contributed by atoms with Crippen LogP contribution in [0.4, 0.5) is 5.13 Å². The van der Waals surface area contributed by atoms with Crippen molar-refractivity contribution in [3.05, 3.63) is 64.7 Å². The molecule has 3 rings (SSSR count). The van der Waals surface area contributed by atoms with Crippen LogP contribution in [0.2, 0.25) is 5.02 Å². The van der Waals surface area contributed by atoms with Gasteiger partial charge in [-0.2, -0.15) is 4.31 Å². The van der Waals surface area contributed by atoms with Crippen molar-refractivity contribution in [1.82, 2.24) is 14.5 Å². The number of nitrogens with zero attached hydrogens (tertiary/aromatic N) is 3. The SMILES string of the molecule is CCN(CC)S(=O)(=O)c1ccc(Cl)c(C(=O)Nc2nnc(SCc3ccccc3)s2)c1. The maximum absolute atomic E-state index is 12.8. The number of anilines is 1. The second-order valence-electron chi connectivity index (χ2n) is 6.33. The number of sulfonamides is 1.